The fraction of sp³-hybridized carbons (Fsp3) is 0.579. The number of anilines is 1. The molecule has 0 amide bonds. The molecule has 2 aromatic rings. The van der Waals surface area contributed by atoms with E-state index in [1.54, 1.807) is 0 Å². The summed E-state index contributed by atoms with van der Waals surface area (Å²) in [6.07, 6.45) is 4.68. The van der Waals surface area contributed by atoms with E-state index in [1.165, 1.54) is 12.8 Å². The number of ether oxygens (including phenoxy) is 1. The number of benzene rings is 1. The third kappa shape index (κ3) is 3.37. The van der Waals surface area contributed by atoms with E-state index in [4.69, 9.17) is 14.7 Å². The molecule has 4 rings (SSSR count). The number of rotatable bonds is 3. The van der Waals surface area contributed by atoms with Gasteiger partial charge in [0, 0.05) is 43.8 Å². The van der Waals surface area contributed by atoms with Gasteiger partial charge in [-0.1, -0.05) is 18.2 Å². The summed E-state index contributed by atoms with van der Waals surface area (Å²) in [6.45, 7) is 5.90. The van der Waals surface area contributed by atoms with Crippen LogP contribution in [0.4, 0.5) is 5.95 Å². The summed E-state index contributed by atoms with van der Waals surface area (Å²) in [5, 5.41) is 4.98. The van der Waals surface area contributed by atoms with Crippen LogP contribution in [0.2, 0.25) is 0 Å². The van der Waals surface area contributed by atoms with E-state index in [0.717, 1.165) is 61.7 Å². The Morgan fingerprint density at radius 3 is 2.79 bits per heavy atom. The molecule has 24 heavy (non-hydrogen) atoms. The van der Waals surface area contributed by atoms with Crippen LogP contribution in [-0.4, -0.2) is 48.4 Å². The van der Waals surface area contributed by atoms with E-state index in [2.05, 4.69) is 29.3 Å². The summed E-state index contributed by atoms with van der Waals surface area (Å²) in [6, 6.07) is 9.40. The fourth-order valence-corrected chi connectivity index (χ4v) is 3.85. The topological polar surface area (TPSA) is 50.3 Å². The standard InChI is InChI=1S/C19H26N4O/c1-14-17-6-2-3-7-18(17)22-19(20-14)23-10-4-5-16(13-23)21-15-8-11-24-12-9-15/h2-3,6-7,15-16,21H,4-5,8-13H2,1H3. The first kappa shape index (κ1) is 15.8. The van der Waals surface area contributed by atoms with Crippen molar-refractivity contribution in [1.29, 1.82) is 0 Å². The first-order valence-electron chi connectivity index (χ1n) is 9.12. The van der Waals surface area contributed by atoms with Crippen LogP contribution in [0.15, 0.2) is 24.3 Å². The van der Waals surface area contributed by atoms with Gasteiger partial charge in [-0.3, -0.25) is 0 Å². The maximum atomic E-state index is 5.46. The van der Waals surface area contributed by atoms with Gasteiger partial charge in [0.25, 0.3) is 0 Å². The molecule has 0 aliphatic carbocycles. The van der Waals surface area contributed by atoms with Crippen LogP contribution in [0.25, 0.3) is 10.9 Å². The normalized spacial score (nSPS) is 22.9. The van der Waals surface area contributed by atoms with Gasteiger partial charge in [0.15, 0.2) is 0 Å². The third-order valence-corrected chi connectivity index (χ3v) is 5.18. The Balaban J connectivity index is 1.49. The molecular weight excluding hydrogens is 300 g/mol. The van der Waals surface area contributed by atoms with Gasteiger partial charge in [-0.2, -0.15) is 0 Å². The molecule has 0 bridgehead atoms. The van der Waals surface area contributed by atoms with Crippen molar-refractivity contribution >= 4 is 16.9 Å². The Morgan fingerprint density at radius 1 is 1.08 bits per heavy atom. The van der Waals surface area contributed by atoms with E-state index >= 15 is 0 Å². The molecule has 5 nitrogen and oxygen atoms in total. The maximum absolute atomic E-state index is 5.46. The molecule has 1 aromatic carbocycles. The lowest BCUT2D eigenvalue weighted by molar-refractivity contribution is 0.0742. The monoisotopic (exact) mass is 326 g/mol. The van der Waals surface area contributed by atoms with Crippen molar-refractivity contribution in [3.8, 4) is 0 Å². The fourth-order valence-electron chi connectivity index (χ4n) is 3.85. The molecule has 1 aromatic heterocycles. The van der Waals surface area contributed by atoms with Crippen LogP contribution in [-0.2, 0) is 4.74 Å². The minimum atomic E-state index is 0.525. The number of aryl methyl sites for hydroxylation is 1. The zero-order valence-electron chi connectivity index (χ0n) is 14.4. The smallest absolute Gasteiger partial charge is 0.226 e. The van der Waals surface area contributed by atoms with E-state index in [0.29, 0.717) is 12.1 Å². The van der Waals surface area contributed by atoms with Crippen molar-refractivity contribution in [3.63, 3.8) is 0 Å². The second-order valence-corrected chi connectivity index (χ2v) is 6.96. The Kier molecular flexibility index (Phi) is 4.63. The highest BCUT2D eigenvalue weighted by molar-refractivity contribution is 5.81. The van der Waals surface area contributed by atoms with E-state index in [9.17, 15) is 0 Å². The highest BCUT2D eigenvalue weighted by Crippen LogP contribution is 2.22. The molecule has 3 heterocycles. The Labute approximate surface area is 143 Å². The lowest BCUT2D eigenvalue weighted by atomic mass is 10.0. The summed E-state index contributed by atoms with van der Waals surface area (Å²) in [5.41, 5.74) is 2.11. The second kappa shape index (κ2) is 7.03. The minimum Gasteiger partial charge on any atom is -0.381 e. The molecule has 128 valence electrons. The highest BCUT2D eigenvalue weighted by Gasteiger charge is 2.25. The summed E-state index contributed by atoms with van der Waals surface area (Å²) in [5.74, 6) is 0.879. The number of aromatic nitrogens is 2. The van der Waals surface area contributed by atoms with Crippen LogP contribution in [0.3, 0.4) is 0 Å². The number of para-hydroxylation sites is 1. The number of piperidine rings is 1. The average Bonchev–Trinajstić information content (AvgIpc) is 2.63. The summed E-state index contributed by atoms with van der Waals surface area (Å²) >= 11 is 0. The maximum Gasteiger partial charge on any atom is 0.226 e. The number of hydrogen-bond donors (Lipinski definition) is 1. The molecule has 0 spiro atoms. The van der Waals surface area contributed by atoms with Crippen molar-refractivity contribution in [3.05, 3.63) is 30.0 Å². The minimum absolute atomic E-state index is 0.525. The van der Waals surface area contributed by atoms with Gasteiger partial charge in [0.05, 0.1) is 11.2 Å². The van der Waals surface area contributed by atoms with Crippen LogP contribution >= 0.6 is 0 Å². The quantitative estimate of drug-likeness (QED) is 0.940. The summed E-state index contributed by atoms with van der Waals surface area (Å²) in [4.78, 5) is 11.9. The zero-order valence-corrected chi connectivity index (χ0v) is 14.4. The Bertz CT molecular complexity index is 699. The van der Waals surface area contributed by atoms with Crippen molar-refractivity contribution in [1.82, 2.24) is 15.3 Å². The Hall–Kier alpha value is -1.72. The first-order valence-corrected chi connectivity index (χ1v) is 9.12. The molecule has 0 radical (unpaired) electrons. The molecule has 0 saturated carbocycles. The molecule has 2 aliphatic heterocycles. The van der Waals surface area contributed by atoms with Gasteiger partial charge in [0.1, 0.15) is 0 Å². The molecule has 2 fully saturated rings. The lowest BCUT2D eigenvalue weighted by Gasteiger charge is -2.36. The average molecular weight is 326 g/mol. The van der Waals surface area contributed by atoms with Gasteiger partial charge in [-0.15, -0.1) is 0 Å². The van der Waals surface area contributed by atoms with Gasteiger partial charge in [-0.25, -0.2) is 9.97 Å². The second-order valence-electron chi connectivity index (χ2n) is 6.96. The molecule has 5 heteroatoms. The van der Waals surface area contributed by atoms with Crippen molar-refractivity contribution in [2.24, 2.45) is 0 Å². The predicted octanol–water partition coefficient (Wildman–Crippen LogP) is 2.68. The molecule has 1 N–H and O–H groups in total. The van der Waals surface area contributed by atoms with Crippen LogP contribution < -0.4 is 10.2 Å². The summed E-state index contributed by atoms with van der Waals surface area (Å²) < 4.78 is 5.46. The van der Waals surface area contributed by atoms with Crippen molar-refractivity contribution < 1.29 is 4.74 Å². The van der Waals surface area contributed by atoms with Gasteiger partial charge >= 0.3 is 0 Å². The molecular formula is C19H26N4O. The van der Waals surface area contributed by atoms with Gasteiger partial charge in [-0.05, 0) is 38.7 Å². The lowest BCUT2D eigenvalue weighted by Crippen LogP contribution is -2.50. The number of nitrogens with one attached hydrogen (secondary N) is 1. The van der Waals surface area contributed by atoms with E-state index < -0.39 is 0 Å². The third-order valence-electron chi connectivity index (χ3n) is 5.18. The van der Waals surface area contributed by atoms with Crippen LogP contribution in [0.5, 0.6) is 0 Å². The van der Waals surface area contributed by atoms with E-state index in [-0.39, 0.29) is 0 Å². The molecule has 2 saturated heterocycles. The molecule has 1 unspecified atom stereocenters. The molecule has 2 aliphatic rings. The van der Waals surface area contributed by atoms with Crippen LogP contribution in [0.1, 0.15) is 31.4 Å². The SMILES string of the molecule is Cc1nc(N2CCCC(NC3CCOCC3)C2)nc2ccccc12. The van der Waals surface area contributed by atoms with Gasteiger partial charge < -0.3 is 15.0 Å². The van der Waals surface area contributed by atoms with Gasteiger partial charge in [0.2, 0.25) is 5.95 Å². The summed E-state index contributed by atoms with van der Waals surface area (Å²) in [7, 11) is 0. The van der Waals surface area contributed by atoms with Crippen LogP contribution in [0, 0.1) is 6.92 Å². The largest absolute Gasteiger partial charge is 0.381 e. The first-order chi connectivity index (χ1) is 11.8. The number of nitrogens with zero attached hydrogens (tertiary/aromatic N) is 3. The van der Waals surface area contributed by atoms with Crippen molar-refractivity contribution in [2.75, 3.05) is 31.2 Å². The Morgan fingerprint density at radius 2 is 1.92 bits per heavy atom. The number of hydrogen-bond acceptors (Lipinski definition) is 5. The predicted molar refractivity (Wildman–Crippen MR) is 96.5 cm³/mol. The number of fused-ring (bicyclic) bond motifs is 1. The van der Waals surface area contributed by atoms with Crippen molar-refractivity contribution in [2.45, 2.75) is 44.7 Å². The zero-order chi connectivity index (χ0) is 16.4. The van der Waals surface area contributed by atoms with E-state index in [1.807, 2.05) is 12.1 Å². The highest BCUT2D eigenvalue weighted by atomic mass is 16.5. The molecule has 1 atom stereocenters.